The van der Waals surface area contributed by atoms with Gasteiger partial charge in [-0.05, 0) is 30.5 Å². The topological polar surface area (TPSA) is 59.2 Å². The van der Waals surface area contributed by atoms with Crippen LogP contribution < -0.4 is 0 Å². The summed E-state index contributed by atoms with van der Waals surface area (Å²) in [5, 5.41) is 12.5. The summed E-state index contributed by atoms with van der Waals surface area (Å²) in [4.78, 5) is 4.23. The first kappa shape index (κ1) is 12.7. The Balaban J connectivity index is 1.94. The number of aryl methyl sites for hydroxylation is 1. The molecule has 4 nitrogen and oxygen atoms in total. The van der Waals surface area contributed by atoms with E-state index >= 15 is 0 Å². The minimum atomic E-state index is -0.265. The molecule has 0 fully saturated rings. The monoisotopic (exact) mass is 250 g/mol. The largest absolute Gasteiger partial charge is 0.396 e. The van der Waals surface area contributed by atoms with E-state index in [2.05, 4.69) is 10.1 Å². The summed E-state index contributed by atoms with van der Waals surface area (Å²) in [6.07, 6.45) is 2.66. The maximum Gasteiger partial charge on any atom is 0.226 e. The van der Waals surface area contributed by atoms with Crippen LogP contribution in [0.5, 0.6) is 0 Å². The summed E-state index contributed by atoms with van der Waals surface area (Å²) >= 11 is 0. The Morgan fingerprint density at radius 3 is 2.94 bits per heavy atom. The molecule has 0 atom stereocenters. The number of rotatable bonds is 6. The van der Waals surface area contributed by atoms with Gasteiger partial charge in [-0.2, -0.15) is 4.98 Å². The van der Waals surface area contributed by atoms with E-state index in [9.17, 15) is 4.39 Å². The minimum absolute atomic E-state index is 0.171. The van der Waals surface area contributed by atoms with Crippen molar-refractivity contribution in [1.29, 1.82) is 0 Å². The zero-order valence-electron chi connectivity index (χ0n) is 9.97. The summed E-state index contributed by atoms with van der Waals surface area (Å²) in [6, 6.07) is 6.35. The van der Waals surface area contributed by atoms with Gasteiger partial charge in [0.25, 0.3) is 0 Å². The molecule has 0 unspecified atom stereocenters. The first-order chi connectivity index (χ1) is 8.78. The van der Waals surface area contributed by atoms with Gasteiger partial charge in [0.2, 0.25) is 5.89 Å². The molecule has 1 aromatic carbocycles. The van der Waals surface area contributed by atoms with Crippen molar-refractivity contribution in [3.05, 3.63) is 47.4 Å². The fourth-order valence-electron chi connectivity index (χ4n) is 1.68. The number of hydrogen-bond donors (Lipinski definition) is 1. The Hall–Kier alpha value is -1.75. The van der Waals surface area contributed by atoms with E-state index in [0.29, 0.717) is 24.6 Å². The Morgan fingerprint density at radius 1 is 1.28 bits per heavy atom. The average molecular weight is 250 g/mol. The number of aliphatic hydroxyl groups excluding tert-OH is 1. The molecule has 0 saturated heterocycles. The van der Waals surface area contributed by atoms with Crippen molar-refractivity contribution in [3.8, 4) is 0 Å². The molecule has 5 heteroatoms. The number of unbranched alkanes of at least 4 members (excludes halogenated alkanes) is 1. The zero-order valence-corrected chi connectivity index (χ0v) is 9.97. The van der Waals surface area contributed by atoms with E-state index in [1.807, 2.05) is 6.07 Å². The van der Waals surface area contributed by atoms with Crippen LogP contribution in [0.1, 0.15) is 30.1 Å². The maximum atomic E-state index is 13.0. The minimum Gasteiger partial charge on any atom is -0.396 e. The summed E-state index contributed by atoms with van der Waals surface area (Å²) in [5.74, 6) is 0.855. The third-order valence-electron chi connectivity index (χ3n) is 2.56. The van der Waals surface area contributed by atoms with Crippen LogP contribution in [0.4, 0.5) is 4.39 Å². The standard InChI is InChI=1S/C13H15FN2O2/c14-11-5-3-4-10(8-11)9-12-15-13(18-16-12)6-1-2-7-17/h3-5,8,17H,1-2,6-7,9H2. The van der Waals surface area contributed by atoms with Gasteiger partial charge in [-0.25, -0.2) is 4.39 Å². The molecule has 0 aliphatic heterocycles. The van der Waals surface area contributed by atoms with Gasteiger partial charge in [-0.1, -0.05) is 17.3 Å². The van der Waals surface area contributed by atoms with Crippen LogP contribution in [-0.4, -0.2) is 21.9 Å². The van der Waals surface area contributed by atoms with Gasteiger partial charge in [0.1, 0.15) is 5.82 Å². The van der Waals surface area contributed by atoms with Crippen molar-refractivity contribution in [1.82, 2.24) is 10.1 Å². The Bertz CT molecular complexity index is 499. The Morgan fingerprint density at radius 2 is 2.17 bits per heavy atom. The summed E-state index contributed by atoms with van der Waals surface area (Å²) in [5.41, 5.74) is 0.817. The van der Waals surface area contributed by atoms with Crippen LogP contribution in [0.3, 0.4) is 0 Å². The molecule has 0 aliphatic carbocycles. The first-order valence-corrected chi connectivity index (χ1v) is 5.94. The number of nitrogens with zero attached hydrogens (tertiary/aromatic N) is 2. The second-order valence-corrected chi connectivity index (χ2v) is 4.09. The summed E-state index contributed by atoms with van der Waals surface area (Å²) in [6.45, 7) is 0.171. The highest BCUT2D eigenvalue weighted by Crippen LogP contribution is 2.10. The van der Waals surface area contributed by atoms with E-state index in [-0.39, 0.29) is 12.4 Å². The van der Waals surface area contributed by atoms with Crippen LogP contribution in [0.15, 0.2) is 28.8 Å². The number of aromatic nitrogens is 2. The van der Waals surface area contributed by atoms with Crippen LogP contribution in [0, 0.1) is 5.82 Å². The van der Waals surface area contributed by atoms with Gasteiger partial charge in [-0.3, -0.25) is 0 Å². The predicted octanol–water partition coefficient (Wildman–Crippen LogP) is 2.11. The van der Waals surface area contributed by atoms with Gasteiger partial charge < -0.3 is 9.63 Å². The molecule has 0 amide bonds. The van der Waals surface area contributed by atoms with E-state index in [1.165, 1.54) is 12.1 Å². The molecule has 0 radical (unpaired) electrons. The van der Waals surface area contributed by atoms with Crippen molar-refractivity contribution in [2.45, 2.75) is 25.7 Å². The van der Waals surface area contributed by atoms with E-state index in [1.54, 1.807) is 6.07 Å². The lowest BCUT2D eigenvalue weighted by Crippen LogP contribution is -1.93. The molecule has 0 aliphatic rings. The number of hydrogen-bond acceptors (Lipinski definition) is 4. The summed E-state index contributed by atoms with van der Waals surface area (Å²) < 4.78 is 18.1. The van der Waals surface area contributed by atoms with E-state index in [0.717, 1.165) is 18.4 Å². The number of benzene rings is 1. The molecule has 2 rings (SSSR count). The highest BCUT2D eigenvalue weighted by atomic mass is 19.1. The molecule has 96 valence electrons. The van der Waals surface area contributed by atoms with Crippen LogP contribution in [-0.2, 0) is 12.8 Å². The highest BCUT2D eigenvalue weighted by Gasteiger charge is 2.07. The maximum absolute atomic E-state index is 13.0. The highest BCUT2D eigenvalue weighted by molar-refractivity contribution is 5.19. The van der Waals surface area contributed by atoms with E-state index < -0.39 is 0 Å². The first-order valence-electron chi connectivity index (χ1n) is 5.94. The van der Waals surface area contributed by atoms with Gasteiger partial charge >= 0.3 is 0 Å². The average Bonchev–Trinajstić information content (AvgIpc) is 2.77. The zero-order chi connectivity index (χ0) is 12.8. The summed E-state index contributed by atoms with van der Waals surface area (Å²) in [7, 11) is 0. The SMILES string of the molecule is OCCCCc1nc(Cc2cccc(F)c2)no1. The second kappa shape index (κ2) is 6.26. The molecule has 1 N–H and O–H groups in total. The lowest BCUT2D eigenvalue weighted by atomic mass is 10.1. The van der Waals surface area contributed by atoms with Gasteiger partial charge in [-0.15, -0.1) is 0 Å². The molecular weight excluding hydrogens is 235 g/mol. The number of halogens is 1. The molecule has 2 aromatic rings. The lowest BCUT2D eigenvalue weighted by Gasteiger charge is -1.96. The quantitative estimate of drug-likeness (QED) is 0.798. The lowest BCUT2D eigenvalue weighted by molar-refractivity contribution is 0.280. The Labute approximate surface area is 104 Å². The molecule has 0 spiro atoms. The molecule has 1 heterocycles. The number of aliphatic hydroxyl groups is 1. The Kier molecular flexibility index (Phi) is 4.41. The van der Waals surface area contributed by atoms with Crippen LogP contribution in [0.25, 0.3) is 0 Å². The van der Waals surface area contributed by atoms with Crippen molar-refractivity contribution in [2.24, 2.45) is 0 Å². The van der Waals surface area contributed by atoms with E-state index in [4.69, 9.17) is 9.63 Å². The van der Waals surface area contributed by atoms with Gasteiger partial charge in [0.15, 0.2) is 5.82 Å². The molecule has 0 saturated carbocycles. The fraction of sp³-hybridized carbons (Fsp3) is 0.385. The fourth-order valence-corrected chi connectivity index (χ4v) is 1.68. The molecule has 1 aromatic heterocycles. The molecular formula is C13H15FN2O2. The van der Waals surface area contributed by atoms with Crippen molar-refractivity contribution >= 4 is 0 Å². The van der Waals surface area contributed by atoms with Crippen LogP contribution >= 0.6 is 0 Å². The third-order valence-corrected chi connectivity index (χ3v) is 2.56. The normalized spacial score (nSPS) is 10.8. The van der Waals surface area contributed by atoms with Crippen molar-refractivity contribution in [3.63, 3.8) is 0 Å². The van der Waals surface area contributed by atoms with Crippen molar-refractivity contribution in [2.75, 3.05) is 6.61 Å². The predicted molar refractivity (Wildman–Crippen MR) is 63.5 cm³/mol. The van der Waals surface area contributed by atoms with Crippen molar-refractivity contribution < 1.29 is 14.0 Å². The second-order valence-electron chi connectivity index (χ2n) is 4.09. The third kappa shape index (κ3) is 3.63. The smallest absolute Gasteiger partial charge is 0.226 e. The molecule has 18 heavy (non-hydrogen) atoms. The van der Waals surface area contributed by atoms with Gasteiger partial charge in [0.05, 0.1) is 0 Å². The van der Waals surface area contributed by atoms with Gasteiger partial charge in [0, 0.05) is 19.4 Å². The molecule has 0 bridgehead atoms. The van der Waals surface area contributed by atoms with Crippen LogP contribution in [0.2, 0.25) is 0 Å².